The van der Waals surface area contributed by atoms with E-state index in [9.17, 15) is 39.2 Å². The Balaban J connectivity index is 1.79. The highest BCUT2D eigenvalue weighted by molar-refractivity contribution is 7.45. The van der Waals surface area contributed by atoms with Gasteiger partial charge < -0.3 is 47.6 Å². The molecule has 1 fully saturated rings. The van der Waals surface area contributed by atoms with Gasteiger partial charge in [0.2, 0.25) is 0 Å². The molecule has 3 N–H and O–H groups in total. The van der Waals surface area contributed by atoms with Crippen molar-refractivity contribution in [2.75, 3.05) is 47.5 Å². The van der Waals surface area contributed by atoms with E-state index < -0.39 is 69.2 Å². The van der Waals surface area contributed by atoms with Crippen molar-refractivity contribution in [1.29, 1.82) is 0 Å². The molecule has 0 amide bonds. The predicted octanol–water partition coefficient (Wildman–Crippen LogP) is 7.16. The van der Waals surface area contributed by atoms with E-state index in [1.54, 1.807) is 12.2 Å². The lowest BCUT2D eigenvalue weighted by Gasteiger charge is -2.28. The van der Waals surface area contributed by atoms with E-state index in [0.717, 1.165) is 82.1 Å². The Hall–Kier alpha value is -2.42. The van der Waals surface area contributed by atoms with E-state index in [4.69, 9.17) is 22.9 Å². The van der Waals surface area contributed by atoms with Crippen LogP contribution in [0, 0.1) is 25.7 Å². The molecule has 0 radical (unpaired) electrons. The zero-order chi connectivity index (χ0) is 45.4. The topological polar surface area (TPSA) is 202 Å². The van der Waals surface area contributed by atoms with Gasteiger partial charge in [0.15, 0.2) is 6.10 Å². The molecule has 1 aliphatic rings. The third kappa shape index (κ3) is 23.2. The molecular formula is C46H80NO13P. The number of hydrogen-bond donors (Lipinski definition) is 3. The first-order valence-electron chi connectivity index (χ1n) is 22.9. The number of ketones is 1. The third-order valence-corrected chi connectivity index (χ3v) is 12.4. The lowest BCUT2D eigenvalue weighted by Crippen LogP contribution is -2.37. The van der Waals surface area contributed by atoms with Crippen molar-refractivity contribution in [2.45, 2.75) is 181 Å². The number of esters is 2. The molecule has 0 bridgehead atoms. The minimum atomic E-state index is -4.73. The number of furan rings is 1. The molecule has 7 atom stereocenters. The monoisotopic (exact) mass is 886 g/mol. The van der Waals surface area contributed by atoms with Crippen molar-refractivity contribution < 1.29 is 66.6 Å². The number of phosphoric ester groups is 1. The summed E-state index contributed by atoms with van der Waals surface area (Å²) in [4.78, 5) is 50.8. The summed E-state index contributed by atoms with van der Waals surface area (Å²) in [6.45, 7) is 7.80. The number of unbranched alkanes of at least 4 members (excludes halogenated alkanes) is 8. The van der Waals surface area contributed by atoms with Crippen LogP contribution in [-0.2, 0) is 50.3 Å². The molecule has 1 aliphatic carbocycles. The summed E-state index contributed by atoms with van der Waals surface area (Å²) in [6.07, 6.45) is 13.2. The average Bonchev–Trinajstić information content (AvgIpc) is 3.61. The number of likely N-dealkylation sites (N-methyl/N-ethyl adjacent to an activating group) is 1. The van der Waals surface area contributed by atoms with Gasteiger partial charge in [0, 0.05) is 56.8 Å². The van der Waals surface area contributed by atoms with E-state index in [-0.39, 0.29) is 44.5 Å². The average molecular weight is 886 g/mol. The minimum Gasteiger partial charge on any atom is -0.756 e. The van der Waals surface area contributed by atoms with Gasteiger partial charge in [0.05, 0.1) is 46.1 Å². The van der Waals surface area contributed by atoms with Crippen molar-refractivity contribution in [2.24, 2.45) is 11.8 Å². The lowest BCUT2D eigenvalue weighted by molar-refractivity contribution is -0.870. The number of hydrogen-bond acceptors (Lipinski definition) is 13. The summed E-state index contributed by atoms with van der Waals surface area (Å²) in [7, 11) is 0.934. The predicted molar refractivity (Wildman–Crippen MR) is 232 cm³/mol. The van der Waals surface area contributed by atoms with Crippen LogP contribution < -0.4 is 4.89 Å². The summed E-state index contributed by atoms with van der Waals surface area (Å²) >= 11 is 0. The number of carbonyl (C=O) groups excluding carboxylic acids is 3. The Morgan fingerprint density at radius 1 is 0.820 bits per heavy atom. The molecule has 0 aromatic carbocycles. The van der Waals surface area contributed by atoms with Crippen molar-refractivity contribution in [1.82, 2.24) is 0 Å². The fourth-order valence-corrected chi connectivity index (χ4v) is 8.25. The van der Waals surface area contributed by atoms with Crippen LogP contribution in [0.3, 0.4) is 0 Å². The number of ether oxygens (including phenoxy) is 2. The Labute approximate surface area is 365 Å². The Morgan fingerprint density at radius 3 is 2.11 bits per heavy atom. The SMILES string of the molecule is CCCCC[C@H](O)/C=C/[C@@H]1[C@@H](CC(=O)CCCCC(=O)OC[C@H](COP(=O)([O-])OCC[N+](C)(C)C)OC(=O)CCCCCCCCc2oc(CCC)c(C)c2C)[C@@H](O)C[C@H]1O. The first-order chi connectivity index (χ1) is 28.9. The normalized spacial score (nSPS) is 20.2. The van der Waals surface area contributed by atoms with Crippen LogP contribution >= 0.6 is 7.82 Å². The molecule has 0 aliphatic heterocycles. The molecule has 61 heavy (non-hydrogen) atoms. The molecule has 14 nitrogen and oxygen atoms in total. The van der Waals surface area contributed by atoms with Gasteiger partial charge in [-0.1, -0.05) is 70.9 Å². The van der Waals surface area contributed by atoms with Crippen molar-refractivity contribution >= 4 is 25.5 Å². The molecule has 0 saturated heterocycles. The maximum Gasteiger partial charge on any atom is 0.306 e. The van der Waals surface area contributed by atoms with Crippen LogP contribution in [0.15, 0.2) is 16.6 Å². The number of carbonyl (C=O) groups is 3. The second kappa shape index (κ2) is 29.1. The lowest BCUT2D eigenvalue weighted by atomic mass is 9.87. The number of aliphatic hydroxyl groups excluding tert-OH is 3. The zero-order valence-corrected chi connectivity index (χ0v) is 39.3. The Morgan fingerprint density at radius 2 is 1.44 bits per heavy atom. The number of nitrogens with zero attached hydrogens (tertiary/aromatic N) is 1. The van der Waals surface area contributed by atoms with Crippen LogP contribution in [0.4, 0.5) is 0 Å². The van der Waals surface area contributed by atoms with E-state index in [1.807, 2.05) is 21.1 Å². The van der Waals surface area contributed by atoms with Crippen molar-refractivity contribution in [3.05, 3.63) is 34.8 Å². The molecule has 0 spiro atoms. The molecule has 2 rings (SSSR count). The van der Waals surface area contributed by atoms with Gasteiger partial charge >= 0.3 is 11.9 Å². The molecule has 1 saturated carbocycles. The number of aryl methyl sites for hydroxylation is 2. The quantitative estimate of drug-likeness (QED) is 0.0207. The van der Waals surface area contributed by atoms with Gasteiger partial charge in [0.25, 0.3) is 7.82 Å². The highest BCUT2D eigenvalue weighted by Crippen LogP contribution is 2.39. The fraction of sp³-hybridized carbons (Fsp3) is 0.804. The number of quaternary nitrogens is 1. The Bertz CT molecular complexity index is 1500. The molecular weight excluding hydrogens is 805 g/mol. The smallest absolute Gasteiger partial charge is 0.306 e. The molecule has 352 valence electrons. The summed E-state index contributed by atoms with van der Waals surface area (Å²) in [5, 5.41) is 31.4. The summed E-state index contributed by atoms with van der Waals surface area (Å²) < 4.78 is 39.9. The third-order valence-electron chi connectivity index (χ3n) is 11.4. The second-order valence-corrected chi connectivity index (χ2v) is 19.4. The van der Waals surface area contributed by atoms with Crippen LogP contribution in [0.2, 0.25) is 0 Å². The highest BCUT2D eigenvalue weighted by Gasteiger charge is 2.41. The van der Waals surface area contributed by atoms with E-state index in [1.165, 1.54) is 11.1 Å². The fourth-order valence-electron chi connectivity index (χ4n) is 7.52. The number of phosphoric acid groups is 1. The summed E-state index contributed by atoms with van der Waals surface area (Å²) in [6, 6.07) is 0. The second-order valence-electron chi connectivity index (χ2n) is 18.0. The van der Waals surface area contributed by atoms with Gasteiger partial charge in [-0.25, -0.2) is 0 Å². The zero-order valence-electron chi connectivity index (χ0n) is 38.4. The maximum absolute atomic E-state index is 12.9. The maximum atomic E-state index is 12.9. The number of aliphatic hydroxyl groups is 3. The van der Waals surface area contributed by atoms with E-state index >= 15 is 0 Å². The van der Waals surface area contributed by atoms with E-state index in [0.29, 0.717) is 36.7 Å². The standard InChI is InChI=1S/C46H80NO13P/c1-8-10-15-21-36(48)26-27-39-40(42(51)31-41(39)50)30-37(49)22-18-19-24-45(52)56-32-38(33-58-61(54,55)57-29-28-47(5,6)7)59-46(53)25-17-14-12-11-13-16-23-44-35(4)34(3)43(60-44)20-9-2/h26-27,36,38-42,48,50-51H,8-25,28-33H2,1-7H3/b27-26+/t36-,38+,39+,40+,41+,42-/m0/s1. The Kier molecular flexibility index (Phi) is 26.1. The van der Waals surface area contributed by atoms with Crippen LogP contribution in [-0.4, -0.2) is 109 Å². The van der Waals surface area contributed by atoms with Crippen LogP contribution in [0.5, 0.6) is 0 Å². The minimum absolute atomic E-state index is 0.0181. The number of Topliss-reactive ketones (excluding diaryl/α,β-unsaturated/α-hetero) is 1. The van der Waals surface area contributed by atoms with Crippen molar-refractivity contribution in [3.8, 4) is 0 Å². The van der Waals surface area contributed by atoms with Crippen LogP contribution in [0.25, 0.3) is 0 Å². The molecule has 1 aromatic rings. The molecule has 1 aromatic heterocycles. The summed E-state index contributed by atoms with van der Waals surface area (Å²) in [5.41, 5.74) is 2.52. The van der Waals surface area contributed by atoms with Gasteiger partial charge in [-0.15, -0.1) is 0 Å². The molecule has 15 heteroatoms. The van der Waals surface area contributed by atoms with Gasteiger partial charge in [0.1, 0.15) is 37.1 Å². The number of rotatable bonds is 34. The van der Waals surface area contributed by atoms with E-state index in [2.05, 4.69) is 27.7 Å². The van der Waals surface area contributed by atoms with Crippen molar-refractivity contribution in [3.63, 3.8) is 0 Å². The van der Waals surface area contributed by atoms with Gasteiger partial charge in [-0.05, 0) is 63.5 Å². The summed E-state index contributed by atoms with van der Waals surface area (Å²) in [5.74, 6) is 0.0205. The first-order valence-corrected chi connectivity index (χ1v) is 24.4. The van der Waals surface area contributed by atoms with Crippen LogP contribution in [0.1, 0.15) is 152 Å². The largest absolute Gasteiger partial charge is 0.756 e. The van der Waals surface area contributed by atoms with Gasteiger partial charge in [-0.3, -0.25) is 18.9 Å². The van der Waals surface area contributed by atoms with Gasteiger partial charge in [-0.2, -0.15) is 0 Å². The highest BCUT2D eigenvalue weighted by atomic mass is 31.2. The molecule has 1 unspecified atom stereocenters. The first kappa shape index (κ1) is 54.7. The molecule has 1 heterocycles.